The van der Waals surface area contributed by atoms with E-state index in [2.05, 4.69) is 10.6 Å². The zero-order chi connectivity index (χ0) is 16.7. The lowest BCUT2D eigenvalue weighted by atomic mass is 9.85. The maximum absolute atomic E-state index is 11.6. The van der Waals surface area contributed by atoms with Gasteiger partial charge in [-0.2, -0.15) is 0 Å². The molecule has 0 radical (unpaired) electrons. The van der Waals surface area contributed by atoms with Crippen LogP contribution in [0.15, 0.2) is 0 Å². The molecule has 1 aliphatic heterocycles. The number of β-amino-alcohol motifs (C(OH)–C–C–N with tert-alkyl or cyclic N) is 1. The highest BCUT2D eigenvalue weighted by Gasteiger charge is 2.27. The molecule has 0 spiro atoms. The van der Waals surface area contributed by atoms with Gasteiger partial charge in [0.2, 0.25) is 17.7 Å². The molecule has 0 aromatic heterocycles. The van der Waals surface area contributed by atoms with Crippen LogP contribution in [0.2, 0.25) is 0 Å². The summed E-state index contributed by atoms with van der Waals surface area (Å²) in [6, 6.07) is 0. The van der Waals surface area contributed by atoms with Gasteiger partial charge in [-0.05, 0) is 18.8 Å². The van der Waals surface area contributed by atoms with Crippen molar-refractivity contribution in [1.82, 2.24) is 15.5 Å². The summed E-state index contributed by atoms with van der Waals surface area (Å²) < 4.78 is 0. The average molecular weight is 343 g/mol. The second-order valence-corrected chi connectivity index (χ2v) is 7.13. The van der Waals surface area contributed by atoms with Gasteiger partial charge in [0.25, 0.3) is 0 Å². The van der Waals surface area contributed by atoms with Gasteiger partial charge in [-0.3, -0.25) is 14.4 Å². The molecule has 1 atom stereocenters. The van der Waals surface area contributed by atoms with Gasteiger partial charge in [0.15, 0.2) is 0 Å². The zero-order valence-electron chi connectivity index (χ0n) is 13.3. The van der Waals surface area contributed by atoms with Gasteiger partial charge in [-0.1, -0.05) is 6.42 Å². The summed E-state index contributed by atoms with van der Waals surface area (Å²) in [6.45, 7) is 1.87. The number of likely N-dealkylation sites (tertiary alicyclic amines) is 1. The zero-order valence-corrected chi connectivity index (χ0v) is 14.1. The number of rotatable bonds is 9. The van der Waals surface area contributed by atoms with Crippen LogP contribution in [0.1, 0.15) is 25.7 Å². The Hall–Kier alpha value is -1.28. The van der Waals surface area contributed by atoms with Crippen LogP contribution in [0.3, 0.4) is 0 Å². The van der Waals surface area contributed by atoms with E-state index >= 15 is 0 Å². The topological polar surface area (TPSA) is 98.7 Å². The molecule has 0 aromatic rings. The quantitative estimate of drug-likeness (QED) is 0.516. The fourth-order valence-corrected chi connectivity index (χ4v) is 3.27. The van der Waals surface area contributed by atoms with E-state index in [1.165, 1.54) is 31.0 Å². The molecule has 2 fully saturated rings. The molecular formula is C15H25N3O4S. The lowest BCUT2D eigenvalue weighted by Gasteiger charge is -2.25. The van der Waals surface area contributed by atoms with Crippen molar-refractivity contribution in [2.24, 2.45) is 5.92 Å². The summed E-state index contributed by atoms with van der Waals surface area (Å²) in [4.78, 5) is 36.2. The predicted molar refractivity (Wildman–Crippen MR) is 87.9 cm³/mol. The number of aliphatic hydroxyl groups is 1. The normalized spacial score (nSPS) is 21.2. The summed E-state index contributed by atoms with van der Waals surface area (Å²) in [5.74, 6) is 0.910. The standard InChI is InChI=1S/C15H25N3O4S/c19-12-6-15(22)18(8-12)5-4-16-13(20)9-23-10-14(21)17-7-11-2-1-3-11/h11-12,19H,1-10H2,(H,16,20)(H,17,21)/t12-/m0/s1. The van der Waals surface area contributed by atoms with Crippen molar-refractivity contribution in [2.75, 3.05) is 37.7 Å². The number of carbonyl (C=O) groups is 3. The van der Waals surface area contributed by atoms with Gasteiger partial charge < -0.3 is 20.6 Å². The minimum absolute atomic E-state index is 0.0219. The van der Waals surface area contributed by atoms with Crippen molar-refractivity contribution in [1.29, 1.82) is 0 Å². The molecule has 1 aliphatic carbocycles. The van der Waals surface area contributed by atoms with Crippen LogP contribution in [0.4, 0.5) is 0 Å². The van der Waals surface area contributed by atoms with E-state index in [9.17, 15) is 19.5 Å². The van der Waals surface area contributed by atoms with Crippen molar-refractivity contribution in [3.05, 3.63) is 0 Å². The lowest BCUT2D eigenvalue weighted by molar-refractivity contribution is -0.128. The van der Waals surface area contributed by atoms with E-state index < -0.39 is 6.10 Å². The Morgan fingerprint density at radius 2 is 1.91 bits per heavy atom. The van der Waals surface area contributed by atoms with E-state index in [1.54, 1.807) is 4.90 Å². The SMILES string of the molecule is O=C(CSCC(=O)NCC1CCC1)NCCN1C[C@@H](O)CC1=O. The minimum Gasteiger partial charge on any atom is -0.391 e. The van der Waals surface area contributed by atoms with Crippen LogP contribution >= 0.6 is 11.8 Å². The second-order valence-electron chi connectivity index (χ2n) is 6.14. The Bertz CT molecular complexity index is 442. The number of hydrogen-bond donors (Lipinski definition) is 3. The molecule has 0 unspecified atom stereocenters. The number of amides is 3. The van der Waals surface area contributed by atoms with Gasteiger partial charge in [-0.15, -0.1) is 11.8 Å². The van der Waals surface area contributed by atoms with Crippen molar-refractivity contribution >= 4 is 29.5 Å². The number of thioether (sulfide) groups is 1. The Labute approximate surface area is 140 Å². The summed E-state index contributed by atoms with van der Waals surface area (Å²) in [5.41, 5.74) is 0. The van der Waals surface area contributed by atoms with Crippen molar-refractivity contribution in [3.8, 4) is 0 Å². The largest absolute Gasteiger partial charge is 0.391 e. The molecule has 0 bridgehead atoms. The first-order valence-corrected chi connectivity index (χ1v) is 9.27. The Kier molecular flexibility index (Phi) is 7.16. The van der Waals surface area contributed by atoms with E-state index in [4.69, 9.17) is 0 Å². The molecule has 2 aliphatic rings. The van der Waals surface area contributed by atoms with Crippen LogP contribution in [-0.4, -0.2) is 71.5 Å². The van der Waals surface area contributed by atoms with Crippen LogP contribution in [0, 0.1) is 5.92 Å². The number of nitrogens with zero attached hydrogens (tertiary/aromatic N) is 1. The number of carbonyl (C=O) groups excluding carboxylic acids is 3. The second kappa shape index (κ2) is 9.12. The van der Waals surface area contributed by atoms with Gasteiger partial charge >= 0.3 is 0 Å². The van der Waals surface area contributed by atoms with Gasteiger partial charge in [0, 0.05) is 26.2 Å². The Morgan fingerprint density at radius 3 is 2.48 bits per heavy atom. The molecule has 8 heteroatoms. The molecule has 23 heavy (non-hydrogen) atoms. The Balaban J connectivity index is 1.46. The van der Waals surface area contributed by atoms with Gasteiger partial charge in [-0.25, -0.2) is 0 Å². The first kappa shape index (κ1) is 18.1. The fourth-order valence-electron chi connectivity index (χ4n) is 2.59. The van der Waals surface area contributed by atoms with Crippen LogP contribution in [0.5, 0.6) is 0 Å². The van der Waals surface area contributed by atoms with Gasteiger partial charge in [0.1, 0.15) is 0 Å². The maximum atomic E-state index is 11.6. The van der Waals surface area contributed by atoms with Crippen LogP contribution < -0.4 is 10.6 Å². The molecule has 7 nitrogen and oxygen atoms in total. The summed E-state index contributed by atoms with van der Waals surface area (Å²) in [5, 5.41) is 15.0. The molecule has 1 saturated carbocycles. The van der Waals surface area contributed by atoms with Crippen molar-refractivity contribution in [3.63, 3.8) is 0 Å². The van der Waals surface area contributed by atoms with Crippen molar-refractivity contribution in [2.45, 2.75) is 31.8 Å². The fraction of sp³-hybridized carbons (Fsp3) is 0.800. The van der Waals surface area contributed by atoms with Gasteiger partial charge in [0.05, 0.1) is 24.0 Å². The molecule has 1 heterocycles. The molecule has 2 rings (SSSR count). The van der Waals surface area contributed by atoms with Crippen LogP contribution in [0.25, 0.3) is 0 Å². The first-order chi connectivity index (χ1) is 11.0. The summed E-state index contributed by atoms with van der Waals surface area (Å²) in [7, 11) is 0. The monoisotopic (exact) mass is 343 g/mol. The van der Waals surface area contributed by atoms with E-state index in [-0.39, 0.29) is 35.6 Å². The molecular weight excluding hydrogens is 318 g/mol. The van der Waals surface area contributed by atoms with E-state index in [0.29, 0.717) is 25.6 Å². The Morgan fingerprint density at radius 1 is 1.22 bits per heavy atom. The molecule has 0 aromatic carbocycles. The third-order valence-electron chi connectivity index (χ3n) is 4.18. The number of nitrogens with one attached hydrogen (secondary N) is 2. The summed E-state index contributed by atoms with van der Waals surface area (Å²) in [6.07, 6.45) is 3.24. The molecule has 1 saturated heterocycles. The highest BCUT2D eigenvalue weighted by molar-refractivity contribution is 8.00. The lowest BCUT2D eigenvalue weighted by Crippen LogP contribution is -2.37. The van der Waals surface area contributed by atoms with E-state index in [1.807, 2.05) is 0 Å². The highest BCUT2D eigenvalue weighted by Crippen LogP contribution is 2.25. The maximum Gasteiger partial charge on any atom is 0.230 e. The average Bonchev–Trinajstić information content (AvgIpc) is 2.75. The third-order valence-corrected chi connectivity index (χ3v) is 5.11. The van der Waals surface area contributed by atoms with E-state index in [0.717, 1.165) is 6.54 Å². The molecule has 3 amide bonds. The minimum atomic E-state index is -0.591. The van der Waals surface area contributed by atoms with Crippen LogP contribution in [-0.2, 0) is 14.4 Å². The molecule has 3 N–H and O–H groups in total. The third kappa shape index (κ3) is 6.39. The first-order valence-electron chi connectivity index (χ1n) is 8.11. The highest BCUT2D eigenvalue weighted by atomic mass is 32.2. The number of aliphatic hydroxyl groups excluding tert-OH is 1. The molecule has 130 valence electrons. The predicted octanol–water partition coefficient (Wildman–Crippen LogP) is -0.655. The van der Waals surface area contributed by atoms with Crippen molar-refractivity contribution < 1.29 is 19.5 Å². The smallest absolute Gasteiger partial charge is 0.230 e. The number of hydrogen-bond acceptors (Lipinski definition) is 5. The summed E-state index contributed by atoms with van der Waals surface area (Å²) >= 11 is 1.29.